The van der Waals surface area contributed by atoms with E-state index >= 15 is 0 Å². The fourth-order valence-electron chi connectivity index (χ4n) is 2.57. The third-order valence-corrected chi connectivity index (χ3v) is 3.66. The van der Waals surface area contributed by atoms with Crippen molar-refractivity contribution >= 4 is 11.9 Å². The van der Waals surface area contributed by atoms with Crippen LogP contribution in [0.25, 0.3) is 0 Å². The summed E-state index contributed by atoms with van der Waals surface area (Å²) in [6, 6.07) is 9.48. The summed E-state index contributed by atoms with van der Waals surface area (Å²) in [5, 5.41) is 12.8. The zero-order valence-electron chi connectivity index (χ0n) is 13.2. The molecule has 1 aliphatic heterocycles. The number of hydrogen-bond acceptors (Lipinski definition) is 4. The maximum atomic E-state index is 12.1. The molecule has 6 nitrogen and oxygen atoms in total. The number of nitrogens with zero attached hydrogens (tertiary/aromatic N) is 2. The van der Waals surface area contributed by atoms with E-state index in [0.29, 0.717) is 13.1 Å². The number of rotatable bonds is 6. The van der Waals surface area contributed by atoms with Gasteiger partial charge < -0.3 is 10.4 Å². The van der Waals surface area contributed by atoms with Gasteiger partial charge in [0, 0.05) is 13.1 Å². The number of benzene rings is 1. The van der Waals surface area contributed by atoms with Gasteiger partial charge >= 0.3 is 6.03 Å². The van der Waals surface area contributed by atoms with Crippen LogP contribution in [0.4, 0.5) is 4.79 Å². The molecule has 3 amide bonds. The number of likely N-dealkylation sites (N-methyl/N-ethyl adjacent to an activating group) is 1. The fraction of sp³-hybridized carbons (Fsp3) is 0.500. The molecule has 1 aromatic rings. The van der Waals surface area contributed by atoms with Crippen LogP contribution in [0.15, 0.2) is 30.3 Å². The lowest BCUT2D eigenvalue weighted by atomic mass is 10.1. The Bertz CT molecular complexity index is 545. The maximum absolute atomic E-state index is 12.1. The van der Waals surface area contributed by atoms with Crippen LogP contribution in [0, 0.1) is 0 Å². The second-order valence-electron chi connectivity index (χ2n) is 6.31. The molecular weight excluding hydrogens is 282 g/mol. The Kier molecular flexibility index (Phi) is 4.83. The highest BCUT2D eigenvalue weighted by Gasteiger charge is 2.44. The summed E-state index contributed by atoms with van der Waals surface area (Å²) in [7, 11) is 1.89. The van der Waals surface area contributed by atoms with Crippen LogP contribution >= 0.6 is 0 Å². The van der Waals surface area contributed by atoms with E-state index in [1.807, 2.05) is 42.3 Å². The van der Waals surface area contributed by atoms with Crippen LogP contribution in [-0.4, -0.2) is 58.6 Å². The highest BCUT2D eigenvalue weighted by Crippen LogP contribution is 2.17. The molecule has 2 N–H and O–H groups in total. The molecule has 0 aromatic heterocycles. The first-order valence-electron chi connectivity index (χ1n) is 7.34. The van der Waals surface area contributed by atoms with Crippen molar-refractivity contribution < 1.29 is 14.7 Å². The van der Waals surface area contributed by atoms with Crippen molar-refractivity contribution in [3.05, 3.63) is 35.9 Å². The third kappa shape index (κ3) is 3.84. The van der Waals surface area contributed by atoms with Crippen molar-refractivity contribution in [1.29, 1.82) is 0 Å². The van der Waals surface area contributed by atoms with Gasteiger partial charge in [0.2, 0.25) is 0 Å². The maximum Gasteiger partial charge on any atom is 0.325 e. The number of urea groups is 1. The Morgan fingerprint density at radius 1 is 1.27 bits per heavy atom. The monoisotopic (exact) mass is 305 g/mol. The second kappa shape index (κ2) is 6.46. The number of carbonyl (C=O) groups excluding carboxylic acids is 2. The summed E-state index contributed by atoms with van der Waals surface area (Å²) in [5.74, 6) is -0.303. The van der Waals surface area contributed by atoms with Gasteiger partial charge in [-0.25, -0.2) is 4.79 Å². The van der Waals surface area contributed by atoms with Gasteiger partial charge in [-0.15, -0.1) is 0 Å². The average molecular weight is 305 g/mol. The molecule has 1 heterocycles. The van der Waals surface area contributed by atoms with E-state index in [2.05, 4.69) is 5.32 Å². The smallest absolute Gasteiger partial charge is 0.325 e. The van der Waals surface area contributed by atoms with E-state index in [9.17, 15) is 14.7 Å². The molecule has 6 heteroatoms. The normalized spacial score (nSPS) is 18.7. The number of aliphatic hydroxyl groups excluding tert-OH is 1. The van der Waals surface area contributed by atoms with Crippen molar-refractivity contribution in [2.45, 2.75) is 32.0 Å². The summed E-state index contributed by atoms with van der Waals surface area (Å²) in [6.07, 6.45) is -0.780. The van der Waals surface area contributed by atoms with E-state index in [4.69, 9.17) is 0 Å². The Morgan fingerprint density at radius 3 is 2.45 bits per heavy atom. The third-order valence-electron chi connectivity index (χ3n) is 3.66. The second-order valence-corrected chi connectivity index (χ2v) is 6.31. The minimum Gasteiger partial charge on any atom is -0.390 e. The molecule has 1 aromatic carbocycles. The van der Waals surface area contributed by atoms with Gasteiger partial charge in [-0.05, 0) is 26.5 Å². The van der Waals surface area contributed by atoms with Crippen LogP contribution in [-0.2, 0) is 11.3 Å². The topological polar surface area (TPSA) is 72.9 Å². The summed E-state index contributed by atoms with van der Waals surface area (Å²) in [6.45, 7) is 4.39. The summed E-state index contributed by atoms with van der Waals surface area (Å²) in [5.41, 5.74) is 0.251. The van der Waals surface area contributed by atoms with Crippen molar-refractivity contribution in [2.24, 2.45) is 0 Å². The molecular formula is C16H23N3O3. The molecule has 0 radical (unpaired) electrons. The Hall–Kier alpha value is -1.92. The number of carbonyl (C=O) groups is 2. The zero-order chi connectivity index (χ0) is 16.3. The van der Waals surface area contributed by atoms with Gasteiger partial charge in [0.1, 0.15) is 5.54 Å². The highest BCUT2D eigenvalue weighted by molar-refractivity contribution is 6.06. The molecule has 1 saturated heterocycles. The first-order chi connectivity index (χ1) is 10.3. The largest absolute Gasteiger partial charge is 0.390 e. The van der Waals surface area contributed by atoms with Crippen LogP contribution in [0.5, 0.6) is 0 Å². The number of hydrogen-bond donors (Lipinski definition) is 2. The number of β-amino-alcohol motifs (C(OH)–C–C–N with tert-alkyl or cyclic N) is 1. The average Bonchev–Trinajstić information content (AvgIpc) is 2.62. The molecule has 0 aliphatic carbocycles. The van der Waals surface area contributed by atoms with Crippen molar-refractivity contribution in [3.63, 3.8) is 0 Å². The van der Waals surface area contributed by atoms with E-state index in [1.54, 1.807) is 13.8 Å². The molecule has 0 bridgehead atoms. The summed E-state index contributed by atoms with van der Waals surface area (Å²) < 4.78 is 0. The van der Waals surface area contributed by atoms with Crippen LogP contribution in [0.3, 0.4) is 0 Å². The molecule has 0 spiro atoms. The van der Waals surface area contributed by atoms with Crippen LogP contribution in [0.1, 0.15) is 19.4 Å². The summed E-state index contributed by atoms with van der Waals surface area (Å²) >= 11 is 0. The fourth-order valence-corrected chi connectivity index (χ4v) is 2.57. The molecule has 1 aliphatic rings. The van der Waals surface area contributed by atoms with Crippen molar-refractivity contribution in [2.75, 3.05) is 20.1 Å². The lowest BCUT2D eigenvalue weighted by Crippen LogP contribution is -2.43. The molecule has 120 valence electrons. The summed E-state index contributed by atoms with van der Waals surface area (Å²) in [4.78, 5) is 26.9. The van der Waals surface area contributed by atoms with Gasteiger partial charge in [0.05, 0.1) is 12.6 Å². The van der Waals surface area contributed by atoms with Gasteiger partial charge in [-0.3, -0.25) is 14.6 Å². The van der Waals surface area contributed by atoms with E-state index in [-0.39, 0.29) is 12.5 Å². The number of imide groups is 1. The Balaban J connectivity index is 1.86. The Labute approximate surface area is 130 Å². The standard InChI is InChI=1S/C16H23N3O3/c1-16(2)14(21)19(15(22)17-16)11-13(20)10-18(3)9-12-7-5-4-6-8-12/h4-8,13,20H,9-11H2,1-3H3,(H,17,22)/t13-/m0/s1. The molecule has 22 heavy (non-hydrogen) atoms. The number of aliphatic hydroxyl groups is 1. The van der Waals surface area contributed by atoms with E-state index in [0.717, 1.165) is 10.5 Å². The predicted molar refractivity (Wildman–Crippen MR) is 83.1 cm³/mol. The lowest BCUT2D eigenvalue weighted by molar-refractivity contribution is -0.131. The lowest BCUT2D eigenvalue weighted by Gasteiger charge is -2.23. The minimum atomic E-state index is -0.896. The van der Waals surface area contributed by atoms with Crippen molar-refractivity contribution in [3.8, 4) is 0 Å². The van der Waals surface area contributed by atoms with E-state index < -0.39 is 17.7 Å². The van der Waals surface area contributed by atoms with Gasteiger partial charge in [0.25, 0.3) is 5.91 Å². The quantitative estimate of drug-likeness (QED) is 0.763. The molecule has 1 fully saturated rings. The number of amides is 3. The van der Waals surface area contributed by atoms with Crippen LogP contribution < -0.4 is 5.32 Å². The van der Waals surface area contributed by atoms with Crippen LogP contribution in [0.2, 0.25) is 0 Å². The van der Waals surface area contributed by atoms with Gasteiger partial charge in [-0.2, -0.15) is 0 Å². The molecule has 1 atom stereocenters. The molecule has 0 unspecified atom stereocenters. The van der Waals surface area contributed by atoms with Gasteiger partial charge in [0.15, 0.2) is 0 Å². The Morgan fingerprint density at radius 2 is 1.91 bits per heavy atom. The minimum absolute atomic E-state index is 0.00717. The molecule has 0 saturated carbocycles. The zero-order valence-corrected chi connectivity index (χ0v) is 13.2. The van der Waals surface area contributed by atoms with Crippen molar-refractivity contribution in [1.82, 2.24) is 15.1 Å². The van der Waals surface area contributed by atoms with E-state index in [1.165, 1.54) is 0 Å². The highest BCUT2D eigenvalue weighted by atomic mass is 16.3. The first kappa shape index (κ1) is 16.5. The first-order valence-corrected chi connectivity index (χ1v) is 7.34. The number of nitrogens with one attached hydrogen (secondary N) is 1. The van der Waals surface area contributed by atoms with Gasteiger partial charge in [-0.1, -0.05) is 30.3 Å². The predicted octanol–water partition coefficient (Wildman–Crippen LogP) is 0.810. The SMILES string of the molecule is CN(Cc1ccccc1)C[C@H](O)CN1C(=O)NC(C)(C)C1=O. The molecule has 2 rings (SSSR count).